The minimum absolute atomic E-state index is 0.0242. The Morgan fingerprint density at radius 1 is 1.39 bits per heavy atom. The number of nitrogens with zero attached hydrogens (tertiary/aromatic N) is 7. The summed E-state index contributed by atoms with van der Waals surface area (Å²) in [6, 6.07) is 4.73. The monoisotopic (exact) mass is 427 g/mol. The number of nitrogens with one attached hydrogen (secondary N) is 1. The average Bonchev–Trinajstić information content (AvgIpc) is 3.50. The van der Waals surface area contributed by atoms with Crippen LogP contribution in [0.5, 0.6) is 11.5 Å². The molecule has 3 aromatic rings. The van der Waals surface area contributed by atoms with Crippen LogP contribution in [0.15, 0.2) is 27.9 Å². The lowest BCUT2D eigenvalue weighted by atomic mass is 10.2. The molecule has 4 rings (SSSR count). The number of phenolic OH excluding ortho intramolecular Hbond substituents is 1. The van der Waals surface area contributed by atoms with E-state index in [2.05, 4.69) is 40.7 Å². The van der Waals surface area contributed by atoms with Gasteiger partial charge in [0, 0.05) is 6.54 Å². The Labute approximate surface area is 176 Å². The summed E-state index contributed by atoms with van der Waals surface area (Å²) >= 11 is 0. The SMILES string of the molecule is COc1ccc(/C=N/NC(=O)c2c(CN3CCCC3)nnn2-c2nonc2N)cc1O. The minimum Gasteiger partial charge on any atom is -0.504 e. The van der Waals surface area contributed by atoms with Crippen LogP contribution in [-0.4, -0.2) is 67.6 Å². The molecule has 2 aromatic heterocycles. The predicted molar refractivity (Wildman–Crippen MR) is 108 cm³/mol. The van der Waals surface area contributed by atoms with Crippen LogP contribution in [0.1, 0.15) is 34.6 Å². The number of anilines is 1. The second-order valence-corrected chi connectivity index (χ2v) is 6.88. The zero-order valence-electron chi connectivity index (χ0n) is 16.7. The van der Waals surface area contributed by atoms with Crippen LogP contribution < -0.4 is 15.9 Å². The fourth-order valence-corrected chi connectivity index (χ4v) is 3.29. The van der Waals surface area contributed by atoms with Gasteiger partial charge >= 0.3 is 0 Å². The predicted octanol–water partition coefficient (Wildman–Crippen LogP) is 0.306. The van der Waals surface area contributed by atoms with Gasteiger partial charge in [-0.1, -0.05) is 5.21 Å². The van der Waals surface area contributed by atoms with Crippen LogP contribution in [0.25, 0.3) is 5.82 Å². The van der Waals surface area contributed by atoms with Crippen molar-refractivity contribution in [1.29, 1.82) is 0 Å². The molecule has 0 radical (unpaired) electrons. The third-order valence-electron chi connectivity index (χ3n) is 4.81. The molecular weight excluding hydrogens is 406 g/mol. The minimum atomic E-state index is -0.560. The average molecular weight is 427 g/mol. The summed E-state index contributed by atoms with van der Waals surface area (Å²) in [6.45, 7) is 2.28. The van der Waals surface area contributed by atoms with Crippen LogP contribution in [0.4, 0.5) is 5.82 Å². The topological polar surface area (TPSA) is 170 Å². The number of hydrogen-bond donors (Lipinski definition) is 3. The second-order valence-electron chi connectivity index (χ2n) is 6.88. The Morgan fingerprint density at radius 3 is 2.87 bits per heavy atom. The molecule has 1 aliphatic heterocycles. The van der Waals surface area contributed by atoms with Crippen LogP contribution in [0.3, 0.4) is 0 Å². The Bertz CT molecular complexity index is 1100. The standard InChI is InChI=1S/C18H21N9O4/c1-30-14-5-4-11(8-13(14)28)9-20-22-18(29)15-12(10-26-6-2-3-7-26)21-25-27(15)17-16(19)23-31-24-17/h4-5,8-9,28H,2-3,6-7,10H2,1H3,(H2,19,23)(H,22,29)/b20-9+. The molecule has 0 spiro atoms. The van der Waals surface area contributed by atoms with Crippen LogP contribution in [0.2, 0.25) is 0 Å². The molecule has 0 bridgehead atoms. The lowest BCUT2D eigenvalue weighted by Crippen LogP contribution is -2.26. The Hall–Kier alpha value is -4.00. The fourth-order valence-electron chi connectivity index (χ4n) is 3.29. The molecular formula is C18H21N9O4. The summed E-state index contributed by atoms with van der Waals surface area (Å²) in [5.41, 5.74) is 9.36. The molecule has 1 aromatic carbocycles. The first-order chi connectivity index (χ1) is 15.1. The van der Waals surface area contributed by atoms with Crippen molar-refractivity contribution in [2.45, 2.75) is 19.4 Å². The van der Waals surface area contributed by atoms with Crippen molar-refractivity contribution in [3.05, 3.63) is 35.2 Å². The van der Waals surface area contributed by atoms with E-state index in [4.69, 9.17) is 10.5 Å². The van der Waals surface area contributed by atoms with Gasteiger partial charge < -0.3 is 15.6 Å². The van der Waals surface area contributed by atoms with E-state index in [1.54, 1.807) is 12.1 Å². The number of aromatic nitrogens is 5. The van der Waals surface area contributed by atoms with Crippen molar-refractivity contribution in [3.8, 4) is 17.3 Å². The van der Waals surface area contributed by atoms with Gasteiger partial charge in [0.2, 0.25) is 11.6 Å². The van der Waals surface area contributed by atoms with Gasteiger partial charge in [0.15, 0.2) is 17.2 Å². The number of phenols is 1. The zero-order chi connectivity index (χ0) is 21.8. The molecule has 1 saturated heterocycles. The summed E-state index contributed by atoms with van der Waals surface area (Å²) in [5.74, 6) is -0.225. The van der Waals surface area contributed by atoms with Crippen molar-refractivity contribution in [2.24, 2.45) is 5.10 Å². The Kier molecular flexibility index (Phi) is 5.75. The first-order valence-electron chi connectivity index (χ1n) is 9.52. The highest BCUT2D eigenvalue weighted by molar-refractivity contribution is 5.95. The van der Waals surface area contributed by atoms with Gasteiger partial charge in [-0.2, -0.15) is 9.78 Å². The van der Waals surface area contributed by atoms with E-state index >= 15 is 0 Å². The smallest absolute Gasteiger partial charge is 0.292 e. The largest absolute Gasteiger partial charge is 0.504 e. The van der Waals surface area contributed by atoms with E-state index in [1.165, 1.54) is 24.1 Å². The van der Waals surface area contributed by atoms with E-state index in [0.29, 0.717) is 23.6 Å². The fraction of sp³-hybridized carbons (Fsp3) is 0.333. The third kappa shape index (κ3) is 4.30. The number of ether oxygens (including phenoxy) is 1. The Morgan fingerprint density at radius 2 is 2.19 bits per heavy atom. The van der Waals surface area contributed by atoms with Crippen molar-refractivity contribution in [2.75, 3.05) is 25.9 Å². The lowest BCUT2D eigenvalue weighted by molar-refractivity contribution is 0.0945. The number of methoxy groups -OCH3 is 1. The number of amides is 1. The van der Waals surface area contributed by atoms with Gasteiger partial charge in [0.05, 0.1) is 13.3 Å². The van der Waals surface area contributed by atoms with Crippen LogP contribution >= 0.6 is 0 Å². The number of hydrazone groups is 1. The van der Waals surface area contributed by atoms with Gasteiger partial charge in [-0.3, -0.25) is 9.69 Å². The maximum atomic E-state index is 13.0. The van der Waals surface area contributed by atoms with Crippen molar-refractivity contribution in [3.63, 3.8) is 0 Å². The van der Waals surface area contributed by atoms with E-state index in [-0.39, 0.29) is 23.1 Å². The highest BCUT2D eigenvalue weighted by Gasteiger charge is 2.26. The Balaban J connectivity index is 1.57. The number of rotatable bonds is 7. The number of nitrogens with two attached hydrogens (primary N) is 1. The third-order valence-corrected chi connectivity index (χ3v) is 4.81. The molecule has 13 nitrogen and oxygen atoms in total. The molecule has 0 atom stereocenters. The molecule has 1 aliphatic rings. The maximum Gasteiger partial charge on any atom is 0.292 e. The molecule has 162 valence electrons. The number of carbonyl (C=O) groups is 1. The molecule has 3 heterocycles. The number of aromatic hydroxyl groups is 1. The van der Waals surface area contributed by atoms with E-state index in [1.807, 2.05) is 0 Å². The molecule has 31 heavy (non-hydrogen) atoms. The maximum absolute atomic E-state index is 13.0. The van der Waals surface area contributed by atoms with Crippen molar-refractivity contribution >= 4 is 17.9 Å². The molecule has 13 heteroatoms. The summed E-state index contributed by atoms with van der Waals surface area (Å²) in [5, 5.41) is 29.2. The van der Waals surface area contributed by atoms with E-state index < -0.39 is 5.91 Å². The number of benzene rings is 1. The number of nitrogen functional groups attached to an aromatic ring is 1. The number of likely N-dealkylation sites (tertiary alicyclic amines) is 1. The van der Waals surface area contributed by atoms with Gasteiger partial charge in [-0.05, 0) is 60.0 Å². The van der Waals surface area contributed by atoms with E-state index in [0.717, 1.165) is 25.9 Å². The van der Waals surface area contributed by atoms with Gasteiger partial charge in [0.1, 0.15) is 5.69 Å². The highest BCUT2D eigenvalue weighted by Crippen LogP contribution is 2.25. The van der Waals surface area contributed by atoms with Crippen molar-refractivity contribution in [1.82, 2.24) is 35.6 Å². The summed E-state index contributed by atoms with van der Waals surface area (Å²) in [7, 11) is 1.46. The molecule has 1 amide bonds. The normalized spacial score (nSPS) is 14.4. The van der Waals surface area contributed by atoms with Crippen LogP contribution in [-0.2, 0) is 6.54 Å². The molecule has 0 saturated carbocycles. The van der Waals surface area contributed by atoms with Crippen molar-refractivity contribution < 1.29 is 19.3 Å². The molecule has 0 unspecified atom stereocenters. The van der Waals surface area contributed by atoms with Gasteiger partial charge in [-0.25, -0.2) is 10.1 Å². The number of hydrogen-bond acceptors (Lipinski definition) is 11. The van der Waals surface area contributed by atoms with Crippen LogP contribution in [0, 0.1) is 0 Å². The molecule has 1 fully saturated rings. The second kappa shape index (κ2) is 8.79. The van der Waals surface area contributed by atoms with Gasteiger partial charge in [0.25, 0.3) is 5.91 Å². The zero-order valence-corrected chi connectivity index (χ0v) is 16.7. The molecule has 4 N–H and O–H groups in total. The molecule has 0 aliphatic carbocycles. The summed E-state index contributed by atoms with van der Waals surface area (Å²) < 4.78 is 10.8. The highest BCUT2D eigenvalue weighted by atomic mass is 16.6. The van der Waals surface area contributed by atoms with E-state index in [9.17, 15) is 9.90 Å². The lowest BCUT2D eigenvalue weighted by Gasteiger charge is -2.13. The summed E-state index contributed by atoms with van der Waals surface area (Å²) in [6.07, 6.45) is 3.57. The first-order valence-corrected chi connectivity index (χ1v) is 9.52. The number of carbonyl (C=O) groups excluding carboxylic acids is 1. The first kappa shape index (κ1) is 20.3. The van der Waals surface area contributed by atoms with Gasteiger partial charge in [-0.15, -0.1) is 5.10 Å². The summed E-state index contributed by atoms with van der Waals surface area (Å²) in [4.78, 5) is 15.1. The quantitative estimate of drug-likeness (QED) is 0.352.